The SMILES string of the molecule is CC(C)c1cc(-c2ccccc2)cc2c1sc1cc(-c3cc(-c4ccccc4)ccn3)[c-]cc12.C[Si](C)(C)c1cnc(-c2[c-]cc3ccccc3c2)cc1C1CCCC1.[Ir]. The largest absolute Gasteiger partial charge is 0.305 e. The van der Waals surface area contributed by atoms with Crippen LogP contribution in [0.1, 0.15) is 62.5 Å². The molecule has 0 N–H and O–H groups in total. The molecular weight excluding hydrogens is 941 g/mol. The van der Waals surface area contributed by atoms with E-state index in [0.29, 0.717) is 5.92 Å². The molecule has 1 radical (unpaired) electrons. The predicted molar refractivity (Wildman–Crippen MR) is 257 cm³/mol. The molecule has 10 rings (SSSR count). The van der Waals surface area contributed by atoms with Gasteiger partial charge in [0.15, 0.2) is 0 Å². The average Bonchev–Trinajstić information content (AvgIpc) is 3.95. The molecule has 0 saturated heterocycles. The Morgan fingerprint density at radius 1 is 0.617 bits per heavy atom. The van der Waals surface area contributed by atoms with E-state index in [2.05, 4.69) is 190 Å². The summed E-state index contributed by atoms with van der Waals surface area (Å²) in [5.74, 6) is 1.18. The Bertz CT molecular complexity index is 2910. The zero-order chi connectivity index (χ0) is 40.5. The van der Waals surface area contributed by atoms with Gasteiger partial charge in [0.25, 0.3) is 0 Å². The number of hydrogen-bond donors (Lipinski definition) is 0. The molecule has 9 aromatic rings. The molecule has 5 heteroatoms. The number of thiophene rings is 1. The van der Waals surface area contributed by atoms with Crippen LogP contribution in [0.3, 0.4) is 0 Å². The van der Waals surface area contributed by atoms with Crippen molar-refractivity contribution in [2.45, 2.75) is 71.0 Å². The molecule has 0 bridgehead atoms. The van der Waals surface area contributed by atoms with Crippen LogP contribution in [0, 0.1) is 12.1 Å². The molecule has 0 aliphatic heterocycles. The van der Waals surface area contributed by atoms with E-state index in [-0.39, 0.29) is 20.1 Å². The fourth-order valence-corrected chi connectivity index (χ4v) is 11.7. The Morgan fingerprint density at radius 3 is 1.95 bits per heavy atom. The molecule has 0 amide bonds. The van der Waals surface area contributed by atoms with Gasteiger partial charge in [0.2, 0.25) is 0 Å². The molecule has 3 aromatic heterocycles. The van der Waals surface area contributed by atoms with Crippen LogP contribution < -0.4 is 5.19 Å². The van der Waals surface area contributed by atoms with Crippen molar-refractivity contribution < 1.29 is 20.1 Å². The summed E-state index contributed by atoms with van der Waals surface area (Å²) in [6.45, 7) is 11.9. The van der Waals surface area contributed by atoms with E-state index in [1.54, 1.807) is 10.8 Å². The Hall–Kier alpha value is -5.03. The van der Waals surface area contributed by atoms with Gasteiger partial charge in [-0.25, -0.2) is 0 Å². The third kappa shape index (κ3) is 8.73. The maximum Gasteiger partial charge on any atom is 0.0799 e. The molecule has 3 heterocycles. The molecular formula is C55H50IrN2SSi-2. The molecule has 1 saturated carbocycles. The minimum atomic E-state index is -1.39. The summed E-state index contributed by atoms with van der Waals surface area (Å²) in [5, 5.41) is 6.63. The first-order chi connectivity index (χ1) is 28.7. The van der Waals surface area contributed by atoms with Crippen molar-refractivity contribution in [3.8, 4) is 44.8 Å². The normalized spacial score (nSPS) is 13.1. The van der Waals surface area contributed by atoms with Gasteiger partial charge in [0, 0.05) is 37.2 Å². The van der Waals surface area contributed by atoms with Gasteiger partial charge >= 0.3 is 0 Å². The van der Waals surface area contributed by atoms with Crippen LogP contribution in [-0.2, 0) is 20.1 Å². The second-order valence-corrected chi connectivity index (χ2v) is 23.4. The first kappa shape index (κ1) is 41.7. The second kappa shape index (κ2) is 17.9. The number of nitrogens with zero attached hydrogens (tertiary/aromatic N) is 2. The third-order valence-corrected chi connectivity index (χ3v) is 15.2. The van der Waals surface area contributed by atoms with Gasteiger partial charge in [-0.15, -0.1) is 52.9 Å². The molecule has 60 heavy (non-hydrogen) atoms. The zero-order valence-electron chi connectivity index (χ0n) is 35.1. The van der Waals surface area contributed by atoms with Crippen molar-refractivity contribution in [3.05, 3.63) is 175 Å². The fourth-order valence-electron chi connectivity index (χ4n) is 8.70. The summed E-state index contributed by atoms with van der Waals surface area (Å²) in [7, 11) is -1.39. The van der Waals surface area contributed by atoms with E-state index in [9.17, 15) is 0 Å². The second-order valence-electron chi connectivity index (χ2n) is 17.3. The van der Waals surface area contributed by atoms with Crippen LogP contribution in [0.25, 0.3) is 75.7 Å². The summed E-state index contributed by atoms with van der Waals surface area (Å²) in [6.07, 6.45) is 9.48. The van der Waals surface area contributed by atoms with Gasteiger partial charge in [0.1, 0.15) is 0 Å². The molecule has 0 unspecified atom stereocenters. The van der Waals surface area contributed by atoms with Gasteiger partial charge in [0.05, 0.1) is 8.07 Å². The van der Waals surface area contributed by atoms with E-state index in [1.165, 1.54) is 84.4 Å². The maximum absolute atomic E-state index is 4.86. The quantitative estimate of drug-likeness (QED) is 0.117. The Balaban J connectivity index is 0.000000171. The van der Waals surface area contributed by atoms with Crippen LogP contribution in [0.5, 0.6) is 0 Å². The molecule has 0 spiro atoms. The molecule has 2 nitrogen and oxygen atoms in total. The third-order valence-electron chi connectivity index (χ3n) is 11.9. The van der Waals surface area contributed by atoms with E-state index in [4.69, 9.17) is 4.98 Å². The molecule has 1 fully saturated rings. The summed E-state index contributed by atoms with van der Waals surface area (Å²) in [5.41, 5.74) is 12.1. The van der Waals surface area contributed by atoms with Crippen LogP contribution in [0.4, 0.5) is 0 Å². The van der Waals surface area contributed by atoms with Crippen molar-refractivity contribution in [1.82, 2.24) is 9.97 Å². The van der Waals surface area contributed by atoms with Crippen LogP contribution >= 0.6 is 11.3 Å². The van der Waals surface area contributed by atoms with Gasteiger partial charge in [-0.1, -0.05) is 166 Å². The maximum atomic E-state index is 4.86. The Morgan fingerprint density at radius 2 is 1.25 bits per heavy atom. The van der Waals surface area contributed by atoms with Crippen LogP contribution in [-0.4, -0.2) is 18.0 Å². The van der Waals surface area contributed by atoms with Crippen molar-refractivity contribution in [1.29, 1.82) is 0 Å². The summed E-state index contributed by atoms with van der Waals surface area (Å²) >= 11 is 1.88. The first-order valence-corrected chi connectivity index (χ1v) is 25.4. The number of rotatable bonds is 7. The summed E-state index contributed by atoms with van der Waals surface area (Å²) in [6, 6.07) is 56.6. The number of pyridine rings is 2. The number of fused-ring (bicyclic) bond motifs is 4. The van der Waals surface area contributed by atoms with E-state index in [1.807, 2.05) is 23.6 Å². The predicted octanol–water partition coefficient (Wildman–Crippen LogP) is 15.3. The molecule has 301 valence electrons. The molecule has 1 aliphatic carbocycles. The van der Waals surface area contributed by atoms with Gasteiger partial charge in [-0.05, 0) is 91.3 Å². The van der Waals surface area contributed by atoms with Gasteiger partial charge < -0.3 is 9.97 Å². The van der Waals surface area contributed by atoms with Gasteiger partial charge in [-0.3, -0.25) is 0 Å². The van der Waals surface area contributed by atoms with Crippen molar-refractivity contribution in [2.24, 2.45) is 0 Å². The minimum absolute atomic E-state index is 0. The van der Waals surface area contributed by atoms with Crippen molar-refractivity contribution in [3.63, 3.8) is 0 Å². The zero-order valence-corrected chi connectivity index (χ0v) is 39.3. The molecule has 1 aliphatic rings. The molecule has 6 aromatic carbocycles. The molecule has 0 atom stereocenters. The summed E-state index contributed by atoms with van der Waals surface area (Å²) < 4.78 is 2.66. The standard InChI is InChI=1S/C32H24NS.C23H26NSi.Ir/c1-21(2)28-17-26(23-11-7-4-8-12-23)18-29-27-14-13-25(20-31(27)34-32(28)29)30-19-24(15-16-33-30)22-9-5-3-6-10-22;1-25(2,3)23-16-24-22(15-21(23)18-9-5-6-10-18)20-13-12-17-8-4-7-11-19(17)14-20;/h3-12,14-21H,1-2H3;4,7-8,11-12,14-16,18H,5-6,9-10H2,1-3H3;/q2*-1;. The van der Waals surface area contributed by atoms with E-state index in [0.717, 1.165) is 28.4 Å². The topological polar surface area (TPSA) is 25.8 Å². The van der Waals surface area contributed by atoms with Crippen molar-refractivity contribution in [2.75, 3.05) is 0 Å². The monoisotopic (exact) mass is 991 g/mol. The number of aromatic nitrogens is 2. The summed E-state index contributed by atoms with van der Waals surface area (Å²) in [4.78, 5) is 9.53. The van der Waals surface area contributed by atoms with E-state index < -0.39 is 8.07 Å². The minimum Gasteiger partial charge on any atom is -0.305 e. The first-order valence-electron chi connectivity index (χ1n) is 21.1. The number of hydrogen-bond acceptors (Lipinski definition) is 3. The van der Waals surface area contributed by atoms with Crippen molar-refractivity contribution >= 4 is 55.5 Å². The van der Waals surface area contributed by atoms with Gasteiger partial charge in [-0.2, -0.15) is 11.3 Å². The smallest absolute Gasteiger partial charge is 0.0799 e. The Labute approximate surface area is 374 Å². The Kier molecular flexibility index (Phi) is 12.4. The van der Waals surface area contributed by atoms with Crippen LogP contribution in [0.15, 0.2) is 152 Å². The average molecular weight is 991 g/mol. The number of benzene rings is 6. The fraction of sp³-hybridized carbons (Fsp3) is 0.200. The van der Waals surface area contributed by atoms with Crippen LogP contribution in [0.2, 0.25) is 19.6 Å². The van der Waals surface area contributed by atoms with E-state index >= 15 is 0 Å².